The van der Waals surface area contributed by atoms with Gasteiger partial charge in [0.25, 0.3) is 0 Å². The molecule has 3 nitrogen and oxygen atoms in total. The second kappa shape index (κ2) is 4.88. The van der Waals surface area contributed by atoms with Gasteiger partial charge in [0, 0.05) is 11.3 Å². The Morgan fingerprint density at radius 1 is 1.05 bits per heavy atom. The molecule has 0 spiro atoms. The molecular formula is C14H11F3N2O. The number of nitrogen functional groups attached to an aromatic ring is 1. The number of nitrogens with two attached hydrogens (primary N) is 2. The van der Waals surface area contributed by atoms with Gasteiger partial charge in [-0.3, -0.25) is 4.79 Å². The van der Waals surface area contributed by atoms with Crippen LogP contribution in [0.1, 0.15) is 15.9 Å². The van der Waals surface area contributed by atoms with Gasteiger partial charge in [-0.1, -0.05) is 18.2 Å². The lowest BCUT2D eigenvalue weighted by molar-refractivity contribution is -0.137. The summed E-state index contributed by atoms with van der Waals surface area (Å²) < 4.78 is 38.1. The van der Waals surface area contributed by atoms with Crippen molar-refractivity contribution >= 4 is 11.6 Å². The Bertz CT molecular complexity index is 666. The molecule has 6 heteroatoms. The van der Waals surface area contributed by atoms with E-state index >= 15 is 0 Å². The zero-order valence-electron chi connectivity index (χ0n) is 10.2. The molecule has 1 amide bonds. The van der Waals surface area contributed by atoms with Crippen LogP contribution in [-0.2, 0) is 6.18 Å². The summed E-state index contributed by atoms with van der Waals surface area (Å²) in [6.45, 7) is 0. The number of anilines is 1. The average Bonchev–Trinajstić information content (AvgIpc) is 2.37. The Labute approximate surface area is 113 Å². The molecule has 0 unspecified atom stereocenters. The highest BCUT2D eigenvalue weighted by Gasteiger charge is 2.30. The summed E-state index contributed by atoms with van der Waals surface area (Å²) in [4.78, 5) is 11.4. The third-order valence-electron chi connectivity index (χ3n) is 2.81. The van der Waals surface area contributed by atoms with Gasteiger partial charge in [0.1, 0.15) is 0 Å². The molecule has 0 saturated carbocycles. The molecule has 0 aliphatic rings. The van der Waals surface area contributed by atoms with E-state index in [4.69, 9.17) is 11.5 Å². The van der Waals surface area contributed by atoms with Gasteiger partial charge in [-0.15, -0.1) is 0 Å². The molecule has 2 aromatic rings. The minimum atomic E-state index is -4.45. The van der Waals surface area contributed by atoms with Crippen LogP contribution in [0.25, 0.3) is 11.1 Å². The maximum absolute atomic E-state index is 12.7. The number of rotatable bonds is 2. The van der Waals surface area contributed by atoms with E-state index in [1.807, 2.05) is 0 Å². The molecule has 0 fully saturated rings. The number of primary amides is 1. The van der Waals surface area contributed by atoms with E-state index in [9.17, 15) is 18.0 Å². The quantitative estimate of drug-likeness (QED) is 0.830. The summed E-state index contributed by atoms with van der Waals surface area (Å²) in [5.41, 5.74) is 11.0. The fraction of sp³-hybridized carbons (Fsp3) is 0.0714. The number of hydrogen-bond acceptors (Lipinski definition) is 2. The van der Waals surface area contributed by atoms with Crippen LogP contribution in [0, 0.1) is 0 Å². The zero-order chi connectivity index (χ0) is 14.9. The van der Waals surface area contributed by atoms with Crippen molar-refractivity contribution in [3.63, 3.8) is 0 Å². The van der Waals surface area contributed by atoms with Gasteiger partial charge in [0.05, 0.1) is 5.56 Å². The van der Waals surface area contributed by atoms with Crippen LogP contribution in [0.3, 0.4) is 0 Å². The second-order valence-electron chi connectivity index (χ2n) is 4.25. The number of halogens is 3. The first-order valence-electron chi connectivity index (χ1n) is 5.66. The molecule has 104 valence electrons. The van der Waals surface area contributed by atoms with E-state index in [-0.39, 0.29) is 11.1 Å². The van der Waals surface area contributed by atoms with Gasteiger partial charge in [-0.2, -0.15) is 13.2 Å². The predicted octanol–water partition coefficient (Wildman–Crippen LogP) is 3.05. The first-order valence-corrected chi connectivity index (χ1v) is 5.66. The Morgan fingerprint density at radius 3 is 2.35 bits per heavy atom. The molecule has 0 atom stereocenters. The van der Waals surface area contributed by atoms with Gasteiger partial charge in [-0.05, 0) is 35.4 Å². The third kappa shape index (κ3) is 2.74. The molecule has 20 heavy (non-hydrogen) atoms. The van der Waals surface area contributed by atoms with Crippen molar-refractivity contribution in [1.29, 1.82) is 0 Å². The fourth-order valence-corrected chi connectivity index (χ4v) is 1.88. The van der Waals surface area contributed by atoms with E-state index in [1.165, 1.54) is 30.3 Å². The molecule has 0 saturated heterocycles. The van der Waals surface area contributed by atoms with E-state index in [1.54, 1.807) is 0 Å². The van der Waals surface area contributed by atoms with Gasteiger partial charge in [0.2, 0.25) is 5.91 Å². The Kier molecular flexibility index (Phi) is 3.40. The van der Waals surface area contributed by atoms with Crippen LogP contribution in [0.4, 0.5) is 18.9 Å². The topological polar surface area (TPSA) is 69.1 Å². The Morgan fingerprint density at radius 2 is 1.75 bits per heavy atom. The second-order valence-corrected chi connectivity index (χ2v) is 4.25. The summed E-state index contributed by atoms with van der Waals surface area (Å²) in [6, 6.07) is 9.01. The van der Waals surface area contributed by atoms with Crippen LogP contribution in [-0.4, -0.2) is 5.91 Å². The van der Waals surface area contributed by atoms with E-state index in [0.717, 1.165) is 12.1 Å². The maximum atomic E-state index is 12.7. The van der Waals surface area contributed by atoms with Crippen LogP contribution in [0.5, 0.6) is 0 Å². The van der Waals surface area contributed by atoms with Crippen LogP contribution in [0.2, 0.25) is 0 Å². The summed E-state index contributed by atoms with van der Waals surface area (Å²) in [5, 5.41) is 0. The normalized spacial score (nSPS) is 11.3. The van der Waals surface area contributed by atoms with Crippen molar-refractivity contribution < 1.29 is 18.0 Å². The standard InChI is InChI=1S/C14H11F3N2O/c15-14(16,17)9-3-1-2-8(6-9)11-5-4-10(18)7-12(11)13(19)20/h1-7H,18H2,(H2,19,20). The fourth-order valence-electron chi connectivity index (χ4n) is 1.88. The number of hydrogen-bond donors (Lipinski definition) is 2. The Balaban J connectivity index is 2.60. The number of carbonyl (C=O) groups excluding carboxylic acids is 1. The molecule has 0 aromatic heterocycles. The molecule has 0 heterocycles. The van der Waals surface area contributed by atoms with E-state index < -0.39 is 17.6 Å². The summed E-state index contributed by atoms with van der Waals surface area (Å²) in [6.07, 6.45) is -4.45. The minimum absolute atomic E-state index is 0.0873. The number of carbonyl (C=O) groups is 1. The first kappa shape index (κ1) is 13.9. The maximum Gasteiger partial charge on any atom is 0.416 e. The molecule has 2 aromatic carbocycles. The predicted molar refractivity (Wildman–Crippen MR) is 69.8 cm³/mol. The molecule has 0 bridgehead atoms. The Hall–Kier alpha value is -2.50. The lowest BCUT2D eigenvalue weighted by Gasteiger charge is -2.11. The first-order chi connectivity index (χ1) is 9.29. The monoisotopic (exact) mass is 280 g/mol. The van der Waals surface area contributed by atoms with Crippen molar-refractivity contribution in [2.75, 3.05) is 5.73 Å². The molecule has 0 aliphatic carbocycles. The van der Waals surface area contributed by atoms with Gasteiger partial charge >= 0.3 is 6.18 Å². The molecule has 4 N–H and O–H groups in total. The molecule has 0 radical (unpaired) electrons. The van der Waals surface area contributed by atoms with Crippen LogP contribution >= 0.6 is 0 Å². The molecular weight excluding hydrogens is 269 g/mol. The number of alkyl halides is 3. The number of benzene rings is 2. The number of amides is 1. The largest absolute Gasteiger partial charge is 0.416 e. The lowest BCUT2D eigenvalue weighted by atomic mass is 9.97. The van der Waals surface area contributed by atoms with Crippen LogP contribution < -0.4 is 11.5 Å². The summed E-state index contributed by atoms with van der Waals surface area (Å²) >= 11 is 0. The van der Waals surface area contributed by atoms with Crippen LogP contribution in [0.15, 0.2) is 42.5 Å². The SMILES string of the molecule is NC(=O)c1cc(N)ccc1-c1cccc(C(F)(F)F)c1. The van der Waals surface area contributed by atoms with Crippen molar-refractivity contribution in [2.24, 2.45) is 5.73 Å². The van der Waals surface area contributed by atoms with Gasteiger partial charge < -0.3 is 11.5 Å². The lowest BCUT2D eigenvalue weighted by Crippen LogP contribution is -2.13. The summed E-state index contributed by atoms with van der Waals surface area (Å²) in [5.74, 6) is -0.746. The van der Waals surface area contributed by atoms with Crippen molar-refractivity contribution in [1.82, 2.24) is 0 Å². The van der Waals surface area contributed by atoms with Crippen molar-refractivity contribution in [3.8, 4) is 11.1 Å². The third-order valence-corrected chi connectivity index (χ3v) is 2.81. The average molecular weight is 280 g/mol. The van der Waals surface area contributed by atoms with E-state index in [2.05, 4.69) is 0 Å². The highest BCUT2D eigenvalue weighted by Crippen LogP contribution is 2.33. The van der Waals surface area contributed by atoms with Gasteiger partial charge in [-0.25, -0.2) is 0 Å². The van der Waals surface area contributed by atoms with Gasteiger partial charge in [0.15, 0.2) is 0 Å². The zero-order valence-corrected chi connectivity index (χ0v) is 10.2. The highest BCUT2D eigenvalue weighted by molar-refractivity contribution is 6.00. The van der Waals surface area contributed by atoms with Crippen molar-refractivity contribution in [2.45, 2.75) is 6.18 Å². The molecule has 2 rings (SSSR count). The van der Waals surface area contributed by atoms with Crippen molar-refractivity contribution in [3.05, 3.63) is 53.6 Å². The minimum Gasteiger partial charge on any atom is -0.399 e. The van der Waals surface area contributed by atoms with E-state index in [0.29, 0.717) is 11.3 Å². The smallest absolute Gasteiger partial charge is 0.399 e. The molecule has 0 aliphatic heterocycles. The summed E-state index contributed by atoms with van der Waals surface area (Å²) in [7, 11) is 0. The highest BCUT2D eigenvalue weighted by atomic mass is 19.4.